The summed E-state index contributed by atoms with van der Waals surface area (Å²) < 4.78 is 5.60. The Balaban J connectivity index is 1.65. The number of hydrogen-bond donors (Lipinski definition) is 3. The quantitative estimate of drug-likeness (QED) is 0.437. The van der Waals surface area contributed by atoms with Gasteiger partial charge >= 0.3 is 5.91 Å². The number of nitrogens with one attached hydrogen (secondary N) is 3. The molecule has 1 aromatic heterocycles. The van der Waals surface area contributed by atoms with Crippen molar-refractivity contribution in [2.75, 3.05) is 13.1 Å². The van der Waals surface area contributed by atoms with Gasteiger partial charge in [-0.2, -0.15) is 0 Å². The number of hydrogen-bond acceptors (Lipinski definition) is 5. The standard InChI is InChI=1S/C25H28N4O4/c1-3-29(4-2)17-20-15-16-21(33-20)24(31)27-28-25(32)22(18-11-7-5-8-12-18)26-23(30)19-13-9-6-10-14-19/h5-16,22H,3-4,17H2,1-2H3,(H,26,30)(H,27,31)(H,28,32). The lowest BCUT2D eigenvalue weighted by molar-refractivity contribution is -0.123. The minimum atomic E-state index is -1.01. The molecule has 2 aromatic carbocycles. The highest BCUT2D eigenvalue weighted by Gasteiger charge is 2.24. The van der Waals surface area contributed by atoms with Crippen LogP contribution in [0.25, 0.3) is 0 Å². The number of nitrogens with zero attached hydrogens (tertiary/aromatic N) is 1. The van der Waals surface area contributed by atoms with E-state index in [4.69, 9.17) is 4.42 Å². The Bertz CT molecular complexity index is 1060. The second-order valence-electron chi connectivity index (χ2n) is 7.35. The van der Waals surface area contributed by atoms with Gasteiger partial charge in [-0.1, -0.05) is 62.4 Å². The summed E-state index contributed by atoms with van der Waals surface area (Å²) in [5.41, 5.74) is 5.74. The fraction of sp³-hybridized carbons (Fsp3) is 0.240. The Morgan fingerprint density at radius 2 is 1.45 bits per heavy atom. The van der Waals surface area contributed by atoms with Crippen LogP contribution >= 0.6 is 0 Å². The Labute approximate surface area is 192 Å². The van der Waals surface area contributed by atoms with Gasteiger partial charge < -0.3 is 9.73 Å². The van der Waals surface area contributed by atoms with Crippen molar-refractivity contribution in [3.8, 4) is 0 Å². The van der Waals surface area contributed by atoms with E-state index in [-0.39, 0.29) is 5.76 Å². The molecule has 3 rings (SSSR count). The lowest BCUT2D eigenvalue weighted by Gasteiger charge is -2.19. The van der Waals surface area contributed by atoms with Crippen molar-refractivity contribution in [3.63, 3.8) is 0 Å². The van der Waals surface area contributed by atoms with Gasteiger partial charge in [0.05, 0.1) is 6.54 Å². The van der Waals surface area contributed by atoms with E-state index in [2.05, 4.69) is 34.9 Å². The van der Waals surface area contributed by atoms with Crippen LogP contribution in [0.4, 0.5) is 0 Å². The number of carbonyl (C=O) groups excluding carboxylic acids is 3. The third-order valence-electron chi connectivity index (χ3n) is 5.17. The van der Waals surface area contributed by atoms with Gasteiger partial charge in [-0.05, 0) is 42.9 Å². The van der Waals surface area contributed by atoms with Crippen LogP contribution in [0.5, 0.6) is 0 Å². The van der Waals surface area contributed by atoms with Gasteiger partial charge in [0.2, 0.25) is 0 Å². The van der Waals surface area contributed by atoms with E-state index < -0.39 is 23.8 Å². The van der Waals surface area contributed by atoms with Gasteiger partial charge in [0.1, 0.15) is 11.8 Å². The maximum Gasteiger partial charge on any atom is 0.305 e. The summed E-state index contributed by atoms with van der Waals surface area (Å²) in [6.45, 7) is 6.42. The lowest BCUT2D eigenvalue weighted by atomic mass is 10.1. The van der Waals surface area contributed by atoms with Crippen LogP contribution < -0.4 is 16.2 Å². The third kappa shape index (κ3) is 6.54. The number of carbonyl (C=O) groups is 3. The number of hydrazine groups is 1. The molecule has 3 N–H and O–H groups in total. The van der Waals surface area contributed by atoms with E-state index in [9.17, 15) is 14.4 Å². The summed E-state index contributed by atoms with van der Waals surface area (Å²) in [6, 6.07) is 19.7. The van der Waals surface area contributed by atoms with Crippen molar-refractivity contribution >= 4 is 17.7 Å². The molecule has 1 unspecified atom stereocenters. The molecule has 0 aliphatic heterocycles. The van der Waals surface area contributed by atoms with Gasteiger partial charge in [-0.25, -0.2) is 0 Å². The average Bonchev–Trinajstić information content (AvgIpc) is 3.33. The minimum Gasteiger partial charge on any atom is -0.454 e. The number of benzene rings is 2. The molecule has 0 saturated carbocycles. The Hall–Kier alpha value is -3.91. The number of furan rings is 1. The summed E-state index contributed by atoms with van der Waals surface area (Å²) in [4.78, 5) is 40.2. The lowest BCUT2D eigenvalue weighted by Crippen LogP contribution is -2.48. The largest absolute Gasteiger partial charge is 0.454 e. The minimum absolute atomic E-state index is 0.0852. The Kier molecular flexibility index (Phi) is 8.37. The molecule has 1 heterocycles. The van der Waals surface area contributed by atoms with Gasteiger partial charge in [0.25, 0.3) is 11.8 Å². The Morgan fingerprint density at radius 1 is 0.818 bits per heavy atom. The van der Waals surface area contributed by atoms with Gasteiger partial charge in [-0.15, -0.1) is 0 Å². The van der Waals surface area contributed by atoms with Crippen LogP contribution in [0.3, 0.4) is 0 Å². The van der Waals surface area contributed by atoms with Crippen LogP contribution in [-0.4, -0.2) is 35.7 Å². The molecule has 3 amide bonds. The first-order valence-corrected chi connectivity index (χ1v) is 10.8. The zero-order chi connectivity index (χ0) is 23.6. The topological polar surface area (TPSA) is 104 Å². The molecule has 1 atom stereocenters. The molecular weight excluding hydrogens is 420 g/mol. The van der Waals surface area contributed by atoms with Gasteiger partial charge in [-0.3, -0.25) is 30.1 Å². The molecule has 0 saturated heterocycles. The van der Waals surface area contributed by atoms with E-state index in [1.807, 2.05) is 6.07 Å². The van der Waals surface area contributed by atoms with Crippen molar-refractivity contribution in [3.05, 3.63) is 95.4 Å². The van der Waals surface area contributed by atoms with Crippen molar-refractivity contribution in [1.29, 1.82) is 0 Å². The molecule has 3 aromatic rings. The molecular formula is C25H28N4O4. The van der Waals surface area contributed by atoms with Crippen LogP contribution in [0.15, 0.2) is 77.2 Å². The molecule has 0 bridgehead atoms. The first kappa shape index (κ1) is 23.7. The molecule has 0 aliphatic carbocycles. The number of rotatable bonds is 9. The Morgan fingerprint density at radius 3 is 2.09 bits per heavy atom. The van der Waals surface area contributed by atoms with Gasteiger partial charge in [0, 0.05) is 5.56 Å². The highest BCUT2D eigenvalue weighted by Crippen LogP contribution is 2.14. The van der Waals surface area contributed by atoms with Crippen LogP contribution in [0, 0.1) is 0 Å². The molecule has 172 valence electrons. The maximum atomic E-state index is 12.9. The average molecular weight is 449 g/mol. The molecule has 33 heavy (non-hydrogen) atoms. The summed E-state index contributed by atoms with van der Waals surface area (Å²) in [5.74, 6) is -0.836. The zero-order valence-corrected chi connectivity index (χ0v) is 18.7. The van der Waals surface area contributed by atoms with E-state index in [0.29, 0.717) is 23.4 Å². The van der Waals surface area contributed by atoms with Crippen molar-refractivity contribution in [2.24, 2.45) is 0 Å². The van der Waals surface area contributed by atoms with Crippen molar-refractivity contribution < 1.29 is 18.8 Å². The third-order valence-corrected chi connectivity index (χ3v) is 5.17. The smallest absolute Gasteiger partial charge is 0.305 e. The predicted molar refractivity (Wildman–Crippen MR) is 124 cm³/mol. The first-order chi connectivity index (χ1) is 16.0. The summed E-state index contributed by atoms with van der Waals surface area (Å²) >= 11 is 0. The summed E-state index contributed by atoms with van der Waals surface area (Å²) in [7, 11) is 0. The number of amides is 3. The van der Waals surface area contributed by atoms with E-state index in [0.717, 1.165) is 13.1 Å². The zero-order valence-electron chi connectivity index (χ0n) is 18.7. The monoisotopic (exact) mass is 448 g/mol. The fourth-order valence-corrected chi connectivity index (χ4v) is 3.25. The molecule has 8 heteroatoms. The molecule has 0 aliphatic rings. The second-order valence-corrected chi connectivity index (χ2v) is 7.35. The predicted octanol–water partition coefficient (Wildman–Crippen LogP) is 3.05. The van der Waals surface area contributed by atoms with Crippen molar-refractivity contribution in [1.82, 2.24) is 21.1 Å². The summed E-state index contributed by atoms with van der Waals surface area (Å²) in [5, 5.41) is 2.72. The fourth-order valence-electron chi connectivity index (χ4n) is 3.25. The van der Waals surface area contributed by atoms with Gasteiger partial charge in [0.15, 0.2) is 5.76 Å². The van der Waals surface area contributed by atoms with Crippen LogP contribution in [0.2, 0.25) is 0 Å². The first-order valence-electron chi connectivity index (χ1n) is 10.8. The second kappa shape index (κ2) is 11.6. The molecule has 0 spiro atoms. The highest BCUT2D eigenvalue weighted by molar-refractivity contribution is 5.98. The van der Waals surface area contributed by atoms with E-state index >= 15 is 0 Å². The molecule has 0 radical (unpaired) electrons. The van der Waals surface area contributed by atoms with Crippen LogP contribution in [-0.2, 0) is 11.3 Å². The highest BCUT2D eigenvalue weighted by atomic mass is 16.4. The SMILES string of the molecule is CCN(CC)Cc1ccc(C(=O)NNC(=O)C(NC(=O)c2ccccc2)c2ccccc2)o1. The molecule has 0 fully saturated rings. The summed E-state index contributed by atoms with van der Waals surface area (Å²) in [6.07, 6.45) is 0. The van der Waals surface area contributed by atoms with E-state index in [1.54, 1.807) is 66.7 Å². The van der Waals surface area contributed by atoms with Crippen molar-refractivity contribution in [2.45, 2.75) is 26.4 Å². The molecule has 8 nitrogen and oxygen atoms in total. The van der Waals surface area contributed by atoms with E-state index in [1.165, 1.54) is 0 Å². The maximum absolute atomic E-state index is 12.9. The normalized spacial score (nSPS) is 11.6. The van der Waals surface area contributed by atoms with Crippen LogP contribution in [0.1, 0.15) is 52.1 Å².